The molecule has 7 atom stereocenters. The number of hydrogen-bond donors (Lipinski definition) is 2. The molecule has 37 heavy (non-hydrogen) atoms. The molecule has 1 aliphatic carbocycles. The van der Waals surface area contributed by atoms with E-state index in [2.05, 4.69) is 31.2 Å². The molecule has 2 heterocycles. The van der Waals surface area contributed by atoms with E-state index in [1.165, 1.54) is 12.8 Å². The molecule has 2 unspecified atom stereocenters. The van der Waals surface area contributed by atoms with Crippen molar-refractivity contribution in [2.75, 3.05) is 13.2 Å². The van der Waals surface area contributed by atoms with E-state index >= 15 is 0 Å². The molecule has 0 aromatic rings. The van der Waals surface area contributed by atoms with Gasteiger partial charge < -0.3 is 29.8 Å². The Morgan fingerprint density at radius 1 is 1.05 bits per heavy atom. The van der Waals surface area contributed by atoms with Crippen LogP contribution in [0.1, 0.15) is 103 Å². The molecule has 3 N–H and O–H groups in total. The fourth-order valence-electron chi connectivity index (χ4n) is 5.69. The number of ether oxygens (including phenoxy) is 4. The van der Waals surface area contributed by atoms with Crippen LogP contribution in [0.2, 0.25) is 0 Å². The molecule has 0 spiro atoms. The molecule has 212 valence electrons. The van der Waals surface area contributed by atoms with Gasteiger partial charge in [0.25, 0.3) is 0 Å². The van der Waals surface area contributed by atoms with Crippen molar-refractivity contribution in [3.63, 3.8) is 0 Å². The summed E-state index contributed by atoms with van der Waals surface area (Å²) >= 11 is 0. The number of primary amides is 1. The Hall–Kier alpha value is -1.25. The molecule has 0 aromatic heterocycles. The first kappa shape index (κ1) is 30.3. The number of nitrogens with two attached hydrogens (primary N) is 1. The first-order valence-corrected chi connectivity index (χ1v) is 14.9. The first-order chi connectivity index (χ1) is 18.1. The third-order valence-corrected chi connectivity index (χ3v) is 7.83. The summed E-state index contributed by atoms with van der Waals surface area (Å²) in [5.41, 5.74) is 5.26. The molecule has 1 saturated carbocycles. The molecule has 1 amide bonds. The summed E-state index contributed by atoms with van der Waals surface area (Å²) in [6, 6.07) is 0. The number of amides is 1. The van der Waals surface area contributed by atoms with E-state index in [0.29, 0.717) is 12.8 Å². The van der Waals surface area contributed by atoms with E-state index in [1.54, 1.807) is 0 Å². The predicted molar refractivity (Wildman–Crippen MR) is 145 cm³/mol. The quantitative estimate of drug-likeness (QED) is 0.204. The van der Waals surface area contributed by atoms with E-state index in [1.807, 2.05) is 0 Å². The lowest BCUT2D eigenvalue weighted by Crippen LogP contribution is -2.31. The Morgan fingerprint density at radius 2 is 1.81 bits per heavy atom. The molecular formula is C30H51NO6. The molecule has 3 aliphatic rings. The molecule has 7 heteroatoms. The zero-order chi connectivity index (χ0) is 26.3. The molecule has 3 rings (SSSR count). The maximum absolute atomic E-state index is 11.1. The SMILES string of the molecule is CCCCC[C@@H](/C=C/[C@@H]1[C@@H](C/C=C\CCCC(N)=O)[C@@H](OC2CCCCO2)C[C@H]1O)OC1CCCCO1. The minimum atomic E-state index is -0.458. The van der Waals surface area contributed by atoms with Gasteiger partial charge in [0.2, 0.25) is 5.91 Å². The van der Waals surface area contributed by atoms with Crippen molar-refractivity contribution >= 4 is 5.91 Å². The first-order valence-electron chi connectivity index (χ1n) is 14.9. The van der Waals surface area contributed by atoms with Gasteiger partial charge in [0.1, 0.15) is 0 Å². The van der Waals surface area contributed by atoms with Gasteiger partial charge in [-0.25, -0.2) is 0 Å². The van der Waals surface area contributed by atoms with Crippen LogP contribution in [0, 0.1) is 11.8 Å². The predicted octanol–water partition coefficient (Wildman–Crippen LogP) is 5.55. The van der Waals surface area contributed by atoms with Gasteiger partial charge in [0, 0.05) is 32.0 Å². The largest absolute Gasteiger partial charge is 0.392 e. The third-order valence-electron chi connectivity index (χ3n) is 7.83. The average molecular weight is 522 g/mol. The minimum Gasteiger partial charge on any atom is -0.392 e. The number of aliphatic hydroxyl groups excluding tert-OH is 1. The maximum Gasteiger partial charge on any atom is 0.217 e. The third kappa shape index (κ3) is 11.2. The van der Waals surface area contributed by atoms with E-state index in [4.69, 9.17) is 24.7 Å². The molecular weight excluding hydrogens is 470 g/mol. The van der Waals surface area contributed by atoms with E-state index < -0.39 is 6.10 Å². The number of carbonyl (C=O) groups excluding carboxylic acids is 1. The summed E-state index contributed by atoms with van der Waals surface area (Å²) in [6.45, 7) is 3.73. The lowest BCUT2D eigenvalue weighted by Gasteiger charge is -2.30. The highest BCUT2D eigenvalue weighted by Crippen LogP contribution is 2.39. The number of unbranched alkanes of at least 4 members (excludes halogenated alkanes) is 3. The zero-order valence-corrected chi connectivity index (χ0v) is 22.9. The summed E-state index contributed by atoms with van der Waals surface area (Å²) in [4.78, 5) is 11.0. The zero-order valence-electron chi connectivity index (χ0n) is 22.9. The monoisotopic (exact) mass is 521 g/mol. The summed E-state index contributed by atoms with van der Waals surface area (Å²) < 4.78 is 24.5. The van der Waals surface area contributed by atoms with Crippen LogP contribution in [0.25, 0.3) is 0 Å². The topological polar surface area (TPSA) is 100 Å². The highest BCUT2D eigenvalue weighted by Gasteiger charge is 2.42. The van der Waals surface area contributed by atoms with Crippen LogP contribution < -0.4 is 5.73 Å². The Kier molecular flexibility index (Phi) is 14.2. The van der Waals surface area contributed by atoms with Crippen molar-refractivity contribution in [2.24, 2.45) is 17.6 Å². The summed E-state index contributed by atoms with van der Waals surface area (Å²) in [5, 5.41) is 11.1. The lowest BCUT2D eigenvalue weighted by molar-refractivity contribution is -0.195. The van der Waals surface area contributed by atoms with Gasteiger partial charge >= 0.3 is 0 Å². The van der Waals surface area contributed by atoms with Gasteiger partial charge in [-0.05, 0) is 70.1 Å². The second-order valence-electron chi connectivity index (χ2n) is 10.9. The Bertz CT molecular complexity index is 686. The fourth-order valence-corrected chi connectivity index (χ4v) is 5.69. The van der Waals surface area contributed by atoms with Gasteiger partial charge in [-0.2, -0.15) is 0 Å². The number of aliphatic hydroxyl groups is 1. The van der Waals surface area contributed by atoms with Crippen LogP contribution in [0.5, 0.6) is 0 Å². The van der Waals surface area contributed by atoms with Crippen molar-refractivity contribution in [3.05, 3.63) is 24.3 Å². The second kappa shape index (κ2) is 17.4. The Labute approximate surface area is 224 Å². The van der Waals surface area contributed by atoms with Crippen LogP contribution in [0.4, 0.5) is 0 Å². The summed E-state index contributed by atoms with van der Waals surface area (Å²) in [6.07, 6.45) is 22.0. The van der Waals surface area contributed by atoms with E-state index in [-0.39, 0.29) is 42.5 Å². The Balaban J connectivity index is 1.65. The van der Waals surface area contributed by atoms with Gasteiger partial charge in [0.05, 0.1) is 18.3 Å². The smallest absolute Gasteiger partial charge is 0.217 e. The summed E-state index contributed by atoms with van der Waals surface area (Å²) in [7, 11) is 0. The van der Waals surface area contributed by atoms with Crippen LogP contribution in [-0.4, -0.2) is 55.1 Å². The van der Waals surface area contributed by atoms with Crippen molar-refractivity contribution in [1.82, 2.24) is 0 Å². The highest BCUT2D eigenvalue weighted by atomic mass is 16.7. The van der Waals surface area contributed by atoms with Crippen molar-refractivity contribution < 1.29 is 28.8 Å². The maximum atomic E-state index is 11.1. The fraction of sp³-hybridized carbons (Fsp3) is 0.833. The van der Waals surface area contributed by atoms with Crippen molar-refractivity contribution in [3.8, 4) is 0 Å². The highest BCUT2D eigenvalue weighted by molar-refractivity contribution is 5.73. The van der Waals surface area contributed by atoms with Gasteiger partial charge in [0.15, 0.2) is 12.6 Å². The van der Waals surface area contributed by atoms with Crippen LogP contribution in [0.15, 0.2) is 24.3 Å². The van der Waals surface area contributed by atoms with E-state index in [0.717, 1.165) is 83.8 Å². The lowest BCUT2D eigenvalue weighted by atomic mass is 9.89. The molecule has 2 aliphatic heterocycles. The number of hydrogen-bond acceptors (Lipinski definition) is 6. The minimum absolute atomic E-state index is 0.00603. The Morgan fingerprint density at radius 3 is 2.49 bits per heavy atom. The number of carbonyl (C=O) groups is 1. The van der Waals surface area contributed by atoms with Gasteiger partial charge in [-0.1, -0.05) is 50.5 Å². The molecule has 0 radical (unpaired) electrons. The average Bonchev–Trinajstić information content (AvgIpc) is 3.19. The van der Waals surface area contributed by atoms with Crippen LogP contribution >= 0.6 is 0 Å². The standard InChI is InChI=1S/C30H51NO6/c1-2-3-6-13-23(36-29-16-9-11-20-34-29)18-19-24-25(14-7-4-5-8-15-28(31)33)27(22-26(24)32)37-30-17-10-12-21-35-30/h4,7,18-19,23-27,29-30,32H,2-3,5-6,8-17,20-22H2,1H3,(H2,31,33)/b7-4-,19-18+/t23-,24+,25+,26+,27-,29?,30?/m0/s1. The number of rotatable bonds is 16. The summed E-state index contributed by atoms with van der Waals surface area (Å²) in [5.74, 6) is -0.104. The van der Waals surface area contributed by atoms with Gasteiger partial charge in [-0.15, -0.1) is 0 Å². The molecule has 0 aromatic carbocycles. The van der Waals surface area contributed by atoms with Crippen LogP contribution in [-0.2, 0) is 23.7 Å². The van der Waals surface area contributed by atoms with Crippen molar-refractivity contribution in [2.45, 2.75) is 134 Å². The second-order valence-corrected chi connectivity index (χ2v) is 10.9. The van der Waals surface area contributed by atoms with E-state index in [9.17, 15) is 9.90 Å². The normalized spacial score (nSPS) is 31.8. The van der Waals surface area contributed by atoms with Crippen LogP contribution in [0.3, 0.4) is 0 Å². The molecule has 2 saturated heterocycles. The van der Waals surface area contributed by atoms with Crippen molar-refractivity contribution in [1.29, 1.82) is 0 Å². The molecule has 7 nitrogen and oxygen atoms in total. The molecule has 3 fully saturated rings. The van der Waals surface area contributed by atoms with Gasteiger partial charge in [-0.3, -0.25) is 4.79 Å². The molecule has 0 bridgehead atoms. The number of allylic oxidation sites excluding steroid dienone is 2.